The lowest BCUT2D eigenvalue weighted by Gasteiger charge is -1.92. The Balaban J connectivity index is 2.53. The van der Waals surface area contributed by atoms with E-state index in [0.29, 0.717) is 0 Å². The minimum atomic E-state index is 0.949. The third kappa shape index (κ3) is 6.00. The van der Waals surface area contributed by atoms with E-state index >= 15 is 0 Å². The Morgan fingerprint density at radius 3 is 1.50 bits per heavy atom. The van der Waals surface area contributed by atoms with E-state index in [4.69, 9.17) is 0 Å². The topological polar surface area (TPSA) is 0 Å². The number of rotatable bonds is 5. The van der Waals surface area contributed by atoms with E-state index in [-0.39, 0.29) is 0 Å². The van der Waals surface area contributed by atoms with E-state index in [2.05, 4.69) is 26.7 Å². The molecule has 0 saturated carbocycles. The fourth-order valence-corrected chi connectivity index (χ4v) is 0.524. The maximum Gasteiger partial charge on any atom is -0.0386 e. The minimum absolute atomic E-state index is 0.949. The summed E-state index contributed by atoms with van der Waals surface area (Å²) >= 11 is 0. The van der Waals surface area contributed by atoms with Crippen molar-refractivity contribution in [3.63, 3.8) is 0 Å². The van der Waals surface area contributed by atoms with Gasteiger partial charge in [-0.15, -0.1) is 0 Å². The first-order valence-electron chi connectivity index (χ1n) is 3.13. The second-order valence-corrected chi connectivity index (χ2v) is 1.73. The molecule has 0 spiro atoms. The van der Waals surface area contributed by atoms with Gasteiger partial charge in [0.05, 0.1) is 0 Å². The van der Waals surface area contributed by atoms with Gasteiger partial charge in [0.2, 0.25) is 0 Å². The normalized spacial score (nSPS) is 9.75. The maximum absolute atomic E-state index is 3.70. The first-order valence-corrected chi connectivity index (χ1v) is 3.13. The van der Waals surface area contributed by atoms with Gasteiger partial charge in [0.25, 0.3) is 0 Å². The molecule has 0 N–H and O–H groups in total. The van der Waals surface area contributed by atoms with Crippen molar-refractivity contribution in [1.29, 1.82) is 0 Å². The second-order valence-electron chi connectivity index (χ2n) is 1.73. The van der Waals surface area contributed by atoms with Gasteiger partial charge < -0.3 is 0 Å². The Labute approximate surface area is 53.3 Å². The standard InChI is InChI=1S/C8H14/c1-3-5-7-8-6-4-2/h5-6H,1-4,7-8H2. The molecule has 0 aliphatic carbocycles. The van der Waals surface area contributed by atoms with Gasteiger partial charge in [-0.3, -0.25) is 0 Å². The van der Waals surface area contributed by atoms with Crippen LogP contribution in [-0.4, -0.2) is 0 Å². The molecule has 0 unspecified atom stereocenters. The molecule has 0 rings (SSSR count). The highest BCUT2D eigenvalue weighted by Crippen LogP contribution is 2.00. The molecule has 0 nitrogen and oxygen atoms in total. The molecule has 0 heteroatoms. The number of hydrogen-bond donors (Lipinski definition) is 0. The summed E-state index contributed by atoms with van der Waals surface area (Å²) in [5.41, 5.74) is 0. The zero-order valence-corrected chi connectivity index (χ0v) is 5.40. The molecule has 46 valence electrons. The van der Waals surface area contributed by atoms with Crippen molar-refractivity contribution in [2.24, 2.45) is 0 Å². The highest BCUT2D eigenvalue weighted by atomic mass is 13.9. The van der Waals surface area contributed by atoms with Crippen molar-refractivity contribution in [2.75, 3.05) is 0 Å². The molecule has 0 saturated heterocycles. The van der Waals surface area contributed by atoms with Crippen molar-refractivity contribution in [3.05, 3.63) is 26.7 Å². The molecule has 8 heavy (non-hydrogen) atoms. The van der Waals surface area contributed by atoms with Gasteiger partial charge in [-0.05, 0) is 25.7 Å². The first-order chi connectivity index (χ1) is 3.91. The highest BCUT2D eigenvalue weighted by Gasteiger charge is 1.84. The molecule has 0 amide bonds. The molecule has 0 aliphatic rings. The van der Waals surface area contributed by atoms with Gasteiger partial charge >= 0.3 is 0 Å². The van der Waals surface area contributed by atoms with Crippen LogP contribution in [0.3, 0.4) is 0 Å². The van der Waals surface area contributed by atoms with E-state index in [1.807, 2.05) is 0 Å². The van der Waals surface area contributed by atoms with E-state index in [1.165, 1.54) is 12.8 Å². The molecule has 0 heterocycles. The van der Waals surface area contributed by atoms with Crippen LogP contribution in [0.15, 0.2) is 0 Å². The highest BCUT2D eigenvalue weighted by molar-refractivity contribution is 4.72. The molecular weight excluding hydrogens is 96.1 g/mol. The predicted octanol–water partition coefficient (Wildman–Crippen LogP) is 2.62. The molecule has 0 aromatic rings. The summed E-state index contributed by atoms with van der Waals surface area (Å²) < 4.78 is 0. The van der Waals surface area contributed by atoms with Crippen LogP contribution in [0.4, 0.5) is 0 Å². The fraction of sp³-hybridized carbons (Fsp3) is 0.500. The van der Waals surface area contributed by atoms with Crippen LogP contribution in [0, 0.1) is 26.7 Å². The largest absolute Gasteiger partial charge is 0.0530 e. The number of unbranched alkanes of at least 4 members (excludes halogenated alkanes) is 5. The maximum atomic E-state index is 3.70. The van der Waals surface area contributed by atoms with Gasteiger partial charge in [-0.25, -0.2) is 0 Å². The molecule has 0 aromatic carbocycles. The van der Waals surface area contributed by atoms with Crippen molar-refractivity contribution in [2.45, 2.75) is 25.7 Å². The Bertz CT molecular complexity index is 25.0. The van der Waals surface area contributed by atoms with Gasteiger partial charge in [-0.1, -0.05) is 26.7 Å². The van der Waals surface area contributed by atoms with E-state index < -0.39 is 0 Å². The summed E-state index contributed by atoms with van der Waals surface area (Å²) in [5.74, 6) is 0. The van der Waals surface area contributed by atoms with Crippen molar-refractivity contribution < 1.29 is 0 Å². The minimum Gasteiger partial charge on any atom is -0.0530 e. The van der Waals surface area contributed by atoms with Gasteiger partial charge in [0.1, 0.15) is 0 Å². The van der Waals surface area contributed by atoms with Crippen LogP contribution in [0.2, 0.25) is 0 Å². The van der Waals surface area contributed by atoms with Crippen LogP contribution in [0.5, 0.6) is 0 Å². The van der Waals surface area contributed by atoms with Crippen molar-refractivity contribution in [1.82, 2.24) is 0 Å². The van der Waals surface area contributed by atoms with Crippen molar-refractivity contribution in [3.8, 4) is 0 Å². The lowest BCUT2D eigenvalue weighted by atomic mass is 10.1. The van der Waals surface area contributed by atoms with Gasteiger partial charge in [-0.2, -0.15) is 0 Å². The third-order valence-electron chi connectivity index (χ3n) is 0.983. The van der Waals surface area contributed by atoms with E-state index in [9.17, 15) is 0 Å². The predicted molar refractivity (Wildman–Crippen MR) is 37.8 cm³/mol. The van der Waals surface area contributed by atoms with Crippen molar-refractivity contribution >= 4 is 0 Å². The lowest BCUT2D eigenvalue weighted by Crippen LogP contribution is -1.76. The molecule has 0 fully saturated rings. The molecule has 0 atom stereocenters. The summed E-state index contributed by atoms with van der Waals surface area (Å²) in [6.07, 6.45) is 8.60. The zero-order valence-electron chi connectivity index (χ0n) is 5.40. The third-order valence-corrected chi connectivity index (χ3v) is 0.983. The summed E-state index contributed by atoms with van der Waals surface area (Å²) in [6.45, 7) is 7.40. The second kappa shape index (κ2) is 7.00. The summed E-state index contributed by atoms with van der Waals surface area (Å²) in [7, 11) is 0. The monoisotopic (exact) mass is 110 g/mol. The molecule has 0 aromatic heterocycles. The van der Waals surface area contributed by atoms with Crippen LogP contribution < -0.4 is 0 Å². The molecule has 0 bridgehead atoms. The van der Waals surface area contributed by atoms with Gasteiger partial charge in [0, 0.05) is 0 Å². The smallest absolute Gasteiger partial charge is 0.0386 e. The Morgan fingerprint density at radius 1 is 0.875 bits per heavy atom. The average Bonchev–Trinajstić information content (AvgIpc) is 1.81. The Kier molecular flexibility index (Phi) is 7.00. The summed E-state index contributed by atoms with van der Waals surface area (Å²) in [5, 5.41) is 0. The number of hydrogen-bond acceptors (Lipinski definition) is 0. The zero-order chi connectivity index (χ0) is 6.24. The quantitative estimate of drug-likeness (QED) is 0.477. The SMILES string of the molecule is [CH2]C[CH]CC[CH]C[CH2]. The van der Waals surface area contributed by atoms with Gasteiger partial charge in [0.15, 0.2) is 0 Å². The summed E-state index contributed by atoms with van der Waals surface area (Å²) in [4.78, 5) is 0. The molecule has 4 radical (unpaired) electrons. The molecular formula is C8H14. The summed E-state index contributed by atoms with van der Waals surface area (Å²) in [6, 6.07) is 0. The van der Waals surface area contributed by atoms with E-state index in [1.54, 1.807) is 0 Å². The Morgan fingerprint density at radius 2 is 1.25 bits per heavy atom. The average molecular weight is 110 g/mol. The lowest BCUT2D eigenvalue weighted by molar-refractivity contribution is 0.863. The van der Waals surface area contributed by atoms with Crippen LogP contribution in [0.1, 0.15) is 25.7 Å². The fourth-order valence-electron chi connectivity index (χ4n) is 0.524. The van der Waals surface area contributed by atoms with E-state index in [0.717, 1.165) is 12.8 Å². The van der Waals surface area contributed by atoms with Crippen LogP contribution in [-0.2, 0) is 0 Å². The Hall–Kier alpha value is 0. The first kappa shape index (κ1) is 8.00. The van der Waals surface area contributed by atoms with Crippen LogP contribution in [0.25, 0.3) is 0 Å². The van der Waals surface area contributed by atoms with Crippen LogP contribution >= 0.6 is 0 Å². The molecule has 0 aliphatic heterocycles.